The van der Waals surface area contributed by atoms with Crippen LogP contribution in [0, 0.1) is 0 Å². The van der Waals surface area contributed by atoms with Crippen LogP contribution in [0.4, 0.5) is 16.2 Å². The maximum atomic E-state index is 13.3. The van der Waals surface area contributed by atoms with E-state index in [9.17, 15) is 9.59 Å². The second-order valence-electron chi connectivity index (χ2n) is 6.90. The molecule has 0 saturated heterocycles. The quantitative estimate of drug-likeness (QED) is 0.447. The van der Waals surface area contributed by atoms with Gasteiger partial charge in [-0.05, 0) is 49.4 Å². The van der Waals surface area contributed by atoms with Gasteiger partial charge < -0.3 is 16.4 Å². The fourth-order valence-electron chi connectivity index (χ4n) is 3.21. The molecule has 0 bridgehead atoms. The van der Waals surface area contributed by atoms with Crippen molar-refractivity contribution < 1.29 is 4.79 Å². The van der Waals surface area contributed by atoms with E-state index >= 15 is 0 Å². The molecule has 31 heavy (non-hydrogen) atoms. The van der Waals surface area contributed by atoms with Gasteiger partial charge in [-0.15, -0.1) is 0 Å². The third kappa shape index (κ3) is 4.25. The van der Waals surface area contributed by atoms with E-state index in [1.54, 1.807) is 67.7 Å². The van der Waals surface area contributed by atoms with Gasteiger partial charge in [0, 0.05) is 11.9 Å². The van der Waals surface area contributed by atoms with E-state index in [-0.39, 0.29) is 5.56 Å². The first-order valence-electron chi connectivity index (χ1n) is 9.49. The fourth-order valence-corrected chi connectivity index (χ4v) is 3.47. The number of amides is 2. The predicted octanol–water partition coefficient (Wildman–Crippen LogP) is 4.10. The van der Waals surface area contributed by atoms with Gasteiger partial charge in [-0.2, -0.15) is 0 Å². The molecule has 4 aromatic rings. The number of nitrogens with two attached hydrogens (primary N) is 1. The Bertz CT molecular complexity index is 1320. The summed E-state index contributed by atoms with van der Waals surface area (Å²) in [6.07, 6.45) is 3.15. The summed E-state index contributed by atoms with van der Waals surface area (Å²) >= 11 is 6.28. The van der Waals surface area contributed by atoms with Crippen molar-refractivity contribution in [3.8, 4) is 5.69 Å². The van der Waals surface area contributed by atoms with E-state index in [4.69, 9.17) is 17.3 Å². The largest absolute Gasteiger partial charge is 0.323 e. The number of carbonyl (C=O) groups excluding carboxylic acids is 1. The lowest BCUT2D eigenvalue weighted by Gasteiger charge is -2.17. The molecule has 4 N–H and O–H groups in total. The lowest BCUT2D eigenvalue weighted by molar-refractivity contribution is 0.262. The molecule has 0 aliphatic rings. The minimum Gasteiger partial charge on any atom is -0.322 e. The van der Waals surface area contributed by atoms with Crippen molar-refractivity contribution in [1.29, 1.82) is 0 Å². The minimum absolute atomic E-state index is 0.307. The standard InChI is InChI=1S/C22H19ClN6O2/c1-13(24)20-28-18-9-3-8-17(23)19(18)21(30)29(20)16-7-2-5-14(11-16)26-22(31)27-15-6-4-10-25-12-15/h2-13H,24H2,1H3,(H2,26,27,31). The Labute approximate surface area is 182 Å². The average Bonchev–Trinajstić information content (AvgIpc) is 2.74. The molecule has 0 spiro atoms. The molecule has 2 heterocycles. The number of aromatic nitrogens is 3. The molecule has 9 heteroatoms. The molecular formula is C22H19ClN6O2. The molecule has 2 aromatic carbocycles. The second-order valence-corrected chi connectivity index (χ2v) is 7.31. The van der Waals surface area contributed by atoms with Crippen LogP contribution >= 0.6 is 11.6 Å². The Balaban J connectivity index is 1.74. The van der Waals surface area contributed by atoms with Gasteiger partial charge in [0.2, 0.25) is 0 Å². The number of nitrogens with zero attached hydrogens (tertiary/aromatic N) is 3. The van der Waals surface area contributed by atoms with Gasteiger partial charge in [0.25, 0.3) is 5.56 Å². The maximum Gasteiger partial charge on any atom is 0.323 e. The summed E-state index contributed by atoms with van der Waals surface area (Å²) in [7, 11) is 0. The van der Waals surface area contributed by atoms with Gasteiger partial charge in [-0.1, -0.05) is 23.7 Å². The Morgan fingerprint density at radius 3 is 2.58 bits per heavy atom. The highest BCUT2D eigenvalue weighted by Crippen LogP contribution is 2.23. The third-order valence-electron chi connectivity index (χ3n) is 4.56. The van der Waals surface area contributed by atoms with Crippen molar-refractivity contribution in [2.24, 2.45) is 5.73 Å². The fraction of sp³-hybridized carbons (Fsp3) is 0.0909. The van der Waals surface area contributed by atoms with Crippen LogP contribution in [0.5, 0.6) is 0 Å². The zero-order valence-electron chi connectivity index (χ0n) is 16.5. The Hall–Kier alpha value is -3.75. The summed E-state index contributed by atoms with van der Waals surface area (Å²) in [6, 6.07) is 14.4. The monoisotopic (exact) mass is 434 g/mol. The van der Waals surface area contributed by atoms with Gasteiger partial charge in [-0.3, -0.25) is 14.3 Å². The summed E-state index contributed by atoms with van der Waals surface area (Å²) in [6.45, 7) is 1.75. The van der Waals surface area contributed by atoms with E-state index in [0.717, 1.165) is 0 Å². The Morgan fingerprint density at radius 1 is 1.10 bits per heavy atom. The predicted molar refractivity (Wildman–Crippen MR) is 122 cm³/mol. The summed E-state index contributed by atoms with van der Waals surface area (Å²) in [4.78, 5) is 34.2. The van der Waals surface area contributed by atoms with E-state index in [0.29, 0.717) is 38.8 Å². The maximum absolute atomic E-state index is 13.3. The summed E-state index contributed by atoms with van der Waals surface area (Å²) < 4.78 is 1.42. The van der Waals surface area contributed by atoms with Crippen molar-refractivity contribution in [2.45, 2.75) is 13.0 Å². The number of rotatable bonds is 4. The van der Waals surface area contributed by atoms with E-state index in [1.807, 2.05) is 0 Å². The SMILES string of the molecule is CC(N)c1nc2cccc(Cl)c2c(=O)n1-c1cccc(NC(=O)Nc2cccnc2)c1. The van der Waals surface area contributed by atoms with Crippen LogP contribution in [0.2, 0.25) is 5.02 Å². The molecule has 8 nitrogen and oxygen atoms in total. The number of fused-ring (bicyclic) bond motifs is 1. The molecule has 2 amide bonds. The minimum atomic E-state index is -0.512. The average molecular weight is 435 g/mol. The molecule has 0 saturated carbocycles. The number of pyridine rings is 1. The molecule has 1 unspecified atom stereocenters. The zero-order valence-corrected chi connectivity index (χ0v) is 17.3. The third-order valence-corrected chi connectivity index (χ3v) is 4.88. The van der Waals surface area contributed by atoms with Gasteiger partial charge in [0.05, 0.1) is 39.5 Å². The van der Waals surface area contributed by atoms with Gasteiger partial charge in [-0.25, -0.2) is 9.78 Å². The van der Waals surface area contributed by atoms with Gasteiger partial charge in [0.15, 0.2) is 0 Å². The lowest BCUT2D eigenvalue weighted by Crippen LogP contribution is -2.28. The van der Waals surface area contributed by atoms with Crippen LogP contribution in [0.25, 0.3) is 16.6 Å². The number of anilines is 2. The first-order chi connectivity index (χ1) is 14.9. The van der Waals surface area contributed by atoms with Crippen molar-refractivity contribution >= 4 is 39.9 Å². The highest BCUT2D eigenvalue weighted by Gasteiger charge is 2.17. The van der Waals surface area contributed by atoms with Crippen LogP contribution in [0.15, 0.2) is 71.8 Å². The van der Waals surface area contributed by atoms with Crippen molar-refractivity contribution in [1.82, 2.24) is 14.5 Å². The van der Waals surface area contributed by atoms with Crippen molar-refractivity contribution in [3.63, 3.8) is 0 Å². The first-order valence-corrected chi connectivity index (χ1v) is 9.87. The molecule has 0 aliphatic carbocycles. The zero-order chi connectivity index (χ0) is 22.0. The lowest BCUT2D eigenvalue weighted by atomic mass is 10.2. The summed E-state index contributed by atoms with van der Waals surface area (Å²) in [5.74, 6) is 0.386. The highest BCUT2D eigenvalue weighted by atomic mass is 35.5. The summed E-state index contributed by atoms with van der Waals surface area (Å²) in [5.41, 5.74) is 7.81. The van der Waals surface area contributed by atoms with Gasteiger partial charge in [0.1, 0.15) is 5.82 Å². The van der Waals surface area contributed by atoms with Crippen LogP contribution in [0.3, 0.4) is 0 Å². The van der Waals surface area contributed by atoms with E-state index in [1.165, 1.54) is 10.8 Å². The molecule has 0 radical (unpaired) electrons. The molecule has 0 fully saturated rings. The Kier molecular flexibility index (Phi) is 5.66. The number of carbonyl (C=O) groups is 1. The topological polar surface area (TPSA) is 115 Å². The van der Waals surface area contributed by atoms with E-state index in [2.05, 4.69) is 20.6 Å². The molecule has 0 aliphatic heterocycles. The number of nitrogens with one attached hydrogen (secondary N) is 2. The number of hydrogen-bond donors (Lipinski definition) is 3. The van der Waals surface area contributed by atoms with E-state index < -0.39 is 12.1 Å². The molecule has 4 rings (SSSR count). The van der Waals surface area contributed by atoms with Crippen molar-refractivity contribution in [2.75, 3.05) is 10.6 Å². The number of halogens is 1. The number of benzene rings is 2. The molecule has 2 aromatic heterocycles. The van der Waals surface area contributed by atoms with Crippen LogP contribution in [-0.4, -0.2) is 20.6 Å². The highest BCUT2D eigenvalue weighted by molar-refractivity contribution is 6.35. The van der Waals surface area contributed by atoms with Crippen LogP contribution in [-0.2, 0) is 0 Å². The normalized spacial score (nSPS) is 11.8. The molecule has 1 atom stereocenters. The van der Waals surface area contributed by atoms with Crippen molar-refractivity contribution in [3.05, 3.63) is 88.2 Å². The molecule has 156 valence electrons. The molecular weight excluding hydrogens is 416 g/mol. The van der Waals surface area contributed by atoms with Crippen LogP contribution in [0.1, 0.15) is 18.8 Å². The second kappa shape index (κ2) is 8.55. The number of hydrogen-bond acceptors (Lipinski definition) is 5. The van der Waals surface area contributed by atoms with Crippen LogP contribution < -0.4 is 21.9 Å². The first kappa shape index (κ1) is 20.5. The number of urea groups is 1. The summed E-state index contributed by atoms with van der Waals surface area (Å²) in [5, 5.41) is 6.05. The Morgan fingerprint density at radius 2 is 1.84 bits per heavy atom. The van der Waals surface area contributed by atoms with Gasteiger partial charge >= 0.3 is 6.03 Å². The smallest absolute Gasteiger partial charge is 0.322 e.